The van der Waals surface area contributed by atoms with E-state index in [2.05, 4.69) is 15.1 Å². The molecular formula is C23H29N7O2. The first-order chi connectivity index (χ1) is 15.2. The third-order valence-corrected chi connectivity index (χ3v) is 6.34. The van der Waals surface area contributed by atoms with Gasteiger partial charge < -0.3 is 15.5 Å². The number of rotatable bonds is 4. The summed E-state index contributed by atoms with van der Waals surface area (Å²) < 4.78 is 1.58. The lowest BCUT2D eigenvalue weighted by Gasteiger charge is -2.39. The number of carbonyl (C=O) groups excluding carboxylic acids is 2. The van der Waals surface area contributed by atoms with Crippen LogP contribution in [0.15, 0.2) is 30.3 Å². The maximum absolute atomic E-state index is 13.2. The van der Waals surface area contributed by atoms with E-state index in [1.807, 2.05) is 67.8 Å². The molecule has 9 nitrogen and oxygen atoms in total. The van der Waals surface area contributed by atoms with Gasteiger partial charge in [0.2, 0.25) is 17.8 Å². The Hall–Kier alpha value is -3.49. The van der Waals surface area contributed by atoms with Crippen LogP contribution in [-0.4, -0.2) is 67.4 Å². The van der Waals surface area contributed by atoms with Crippen molar-refractivity contribution in [2.75, 3.05) is 31.9 Å². The van der Waals surface area contributed by atoms with Gasteiger partial charge >= 0.3 is 0 Å². The number of nitrogens with zero attached hydrogens (tertiary/aromatic N) is 6. The SMILES string of the molecule is Cc1nc2nc(N)nn2c(C)c1CC(=O)N1CCN(C(=O)C(C)(C)c2ccccc2)CC1. The minimum Gasteiger partial charge on any atom is -0.366 e. The second kappa shape index (κ2) is 8.22. The van der Waals surface area contributed by atoms with E-state index in [1.54, 1.807) is 4.52 Å². The Bertz CT molecular complexity index is 1160. The molecule has 0 bridgehead atoms. The molecule has 1 fully saturated rings. The standard InChI is InChI=1S/C23H29N7O2/c1-15-18(16(2)30-22(25-15)26-21(24)27-30)14-19(31)28-10-12-29(13-11-28)20(32)23(3,4)17-8-6-5-7-9-17/h5-9H,10-14H2,1-4H3,(H2,24,27). The molecule has 0 unspecified atom stereocenters. The number of carbonyl (C=O) groups is 2. The van der Waals surface area contributed by atoms with E-state index < -0.39 is 5.41 Å². The Kier molecular flexibility index (Phi) is 5.58. The highest BCUT2D eigenvalue weighted by Gasteiger charge is 2.35. The molecule has 1 aromatic carbocycles. The van der Waals surface area contributed by atoms with Crippen LogP contribution in [0.5, 0.6) is 0 Å². The van der Waals surface area contributed by atoms with Crippen LogP contribution in [0, 0.1) is 13.8 Å². The minimum absolute atomic E-state index is 0.0138. The molecule has 2 aromatic heterocycles. The van der Waals surface area contributed by atoms with E-state index >= 15 is 0 Å². The van der Waals surface area contributed by atoms with E-state index in [-0.39, 0.29) is 24.2 Å². The molecule has 1 aliphatic heterocycles. The van der Waals surface area contributed by atoms with Crippen LogP contribution in [0.3, 0.4) is 0 Å². The lowest BCUT2D eigenvalue weighted by atomic mass is 9.83. The summed E-state index contributed by atoms with van der Waals surface area (Å²) in [5.74, 6) is 0.685. The average Bonchev–Trinajstić information content (AvgIpc) is 3.16. The predicted molar refractivity (Wildman–Crippen MR) is 121 cm³/mol. The van der Waals surface area contributed by atoms with Crippen LogP contribution in [0.25, 0.3) is 5.78 Å². The number of aryl methyl sites for hydroxylation is 2. The number of amides is 2. The number of fused-ring (bicyclic) bond motifs is 1. The summed E-state index contributed by atoms with van der Waals surface area (Å²) in [4.78, 5) is 38.4. The van der Waals surface area contributed by atoms with Crippen molar-refractivity contribution >= 4 is 23.5 Å². The van der Waals surface area contributed by atoms with E-state index in [0.29, 0.717) is 32.0 Å². The molecule has 3 heterocycles. The van der Waals surface area contributed by atoms with Crippen LogP contribution in [-0.2, 0) is 21.4 Å². The van der Waals surface area contributed by atoms with Crippen molar-refractivity contribution in [2.24, 2.45) is 0 Å². The average molecular weight is 436 g/mol. The van der Waals surface area contributed by atoms with Crippen LogP contribution in [0.2, 0.25) is 0 Å². The van der Waals surface area contributed by atoms with Crippen molar-refractivity contribution < 1.29 is 9.59 Å². The number of hydrogen-bond donors (Lipinski definition) is 1. The Morgan fingerprint density at radius 3 is 2.28 bits per heavy atom. The molecule has 0 spiro atoms. The molecule has 9 heteroatoms. The molecule has 1 aliphatic rings. The highest BCUT2D eigenvalue weighted by molar-refractivity contribution is 5.88. The summed E-state index contributed by atoms with van der Waals surface area (Å²) >= 11 is 0. The number of anilines is 1. The molecule has 168 valence electrons. The van der Waals surface area contributed by atoms with Crippen molar-refractivity contribution in [1.29, 1.82) is 0 Å². The van der Waals surface area contributed by atoms with Gasteiger partial charge in [0.1, 0.15) is 0 Å². The molecule has 0 radical (unpaired) electrons. The summed E-state index contributed by atoms with van der Waals surface area (Å²) in [5.41, 5.74) is 8.46. The van der Waals surface area contributed by atoms with Gasteiger partial charge in [-0.3, -0.25) is 9.59 Å². The number of piperazine rings is 1. The van der Waals surface area contributed by atoms with E-state index in [9.17, 15) is 9.59 Å². The summed E-state index contributed by atoms with van der Waals surface area (Å²) in [7, 11) is 0. The maximum atomic E-state index is 13.2. The van der Waals surface area contributed by atoms with E-state index in [0.717, 1.165) is 22.5 Å². The summed E-state index contributed by atoms with van der Waals surface area (Å²) in [5, 5.41) is 4.16. The Morgan fingerprint density at radius 1 is 1.00 bits per heavy atom. The van der Waals surface area contributed by atoms with Crippen molar-refractivity contribution in [1.82, 2.24) is 29.4 Å². The summed E-state index contributed by atoms with van der Waals surface area (Å²) in [6.07, 6.45) is 0.226. The zero-order chi connectivity index (χ0) is 23.0. The predicted octanol–water partition coefficient (Wildman–Crippen LogP) is 1.51. The van der Waals surface area contributed by atoms with Gasteiger partial charge in [0, 0.05) is 43.1 Å². The molecule has 32 heavy (non-hydrogen) atoms. The summed E-state index contributed by atoms with van der Waals surface area (Å²) in [6, 6.07) is 9.81. The molecule has 2 N–H and O–H groups in total. The van der Waals surface area contributed by atoms with E-state index in [1.165, 1.54) is 0 Å². The van der Waals surface area contributed by atoms with Gasteiger partial charge in [-0.2, -0.15) is 9.50 Å². The number of nitrogens with two attached hydrogens (primary N) is 1. The molecule has 0 aliphatic carbocycles. The smallest absolute Gasteiger partial charge is 0.254 e. The molecule has 3 aromatic rings. The fourth-order valence-corrected chi connectivity index (χ4v) is 4.28. The topological polar surface area (TPSA) is 110 Å². The molecule has 0 atom stereocenters. The quantitative estimate of drug-likeness (QED) is 0.665. The number of hydrogen-bond acceptors (Lipinski definition) is 6. The van der Waals surface area contributed by atoms with Gasteiger partial charge in [0.15, 0.2) is 0 Å². The van der Waals surface area contributed by atoms with E-state index in [4.69, 9.17) is 5.73 Å². The lowest BCUT2D eigenvalue weighted by Crippen LogP contribution is -2.54. The molecular weight excluding hydrogens is 406 g/mol. The van der Waals surface area contributed by atoms with Crippen LogP contribution in [0.1, 0.15) is 36.4 Å². The molecule has 0 saturated carbocycles. The number of aromatic nitrogens is 4. The first-order valence-corrected chi connectivity index (χ1v) is 10.8. The van der Waals surface area contributed by atoms with Crippen LogP contribution in [0.4, 0.5) is 5.95 Å². The van der Waals surface area contributed by atoms with Crippen molar-refractivity contribution in [3.63, 3.8) is 0 Å². The summed E-state index contributed by atoms with van der Waals surface area (Å²) in [6.45, 7) is 9.73. The zero-order valence-electron chi connectivity index (χ0n) is 19.0. The zero-order valence-corrected chi connectivity index (χ0v) is 19.0. The van der Waals surface area contributed by atoms with Crippen molar-refractivity contribution in [2.45, 2.75) is 39.5 Å². The highest BCUT2D eigenvalue weighted by Crippen LogP contribution is 2.26. The largest absolute Gasteiger partial charge is 0.366 e. The van der Waals surface area contributed by atoms with Gasteiger partial charge in [-0.1, -0.05) is 30.3 Å². The van der Waals surface area contributed by atoms with Crippen molar-refractivity contribution in [3.05, 3.63) is 52.8 Å². The molecule has 4 rings (SSSR count). The van der Waals surface area contributed by atoms with Gasteiger partial charge in [0.05, 0.1) is 11.8 Å². The first-order valence-electron chi connectivity index (χ1n) is 10.8. The third kappa shape index (κ3) is 3.90. The highest BCUT2D eigenvalue weighted by atomic mass is 16.2. The number of nitrogen functional groups attached to an aromatic ring is 1. The van der Waals surface area contributed by atoms with Gasteiger partial charge in [0.25, 0.3) is 5.78 Å². The first kappa shape index (κ1) is 21.7. The van der Waals surface area contributed by atoms with Gasteiger partial charge in [-0.05, 0) is 33.3 Å². The Morgan fingerprint density at radius 2 is 1.62 bits per heavy atom. The monoisotopic (exact) mass is 435 g/mol. The van der Waals surface area contributed by atoms with Crippen LogP contribution >= 0.6 is 0 Å². The van der Waals surface area contributed by atoms with Crippen molar-refractivity contribution in [3.8, 4) is 0 Å². The fourth-order valence-electron chi connectivity index (χ4n) is 4.28. The van der Waals surface area contributed by atoms with Gasteiger partial charge in [-0.15, -0.1) is 5.10 Å². The number of benzene rings is 1. The maximum Gasteiger partial charge on any atom is 0.254 e. The van der Waals surface area contributed by atoms with Crippen LogP contribution < -0.4 is 5.73 Å². The fraction of sp³-hybridized carbons (Fsp3) is 0.435. The molecule has 2 amide bonds. The lowest BCUT2D eigenvalue weighted by molar-refractivity contribution is -0.142. The van der Waals surface area contributed by atoms with Gasteiger partial charge in [-0.25, -0.2) is 4.98 Å². The third-order valence-electron chi connectivity index (χ3n) is 6.34. The Labute approximate surface area is 187 Å². The minimum atomic E-state index is -0.609. The second-order valence-corrected chi connectivity index (χ2v) is 8.78. The molecule has 1 saturated heterocycles. The Balaban J connectivity index is 1.42. The second-order valence-electron chi connectivity index (χ2n) is 8.78. The normalized spacial score (nSPS) is 14.8.